The van der Waals surface area contributed by atoms with E-state index in [2.05, 4.69) is 15.5 Å². The van der Waals surface area contributed by atoms with Gasteiger partial charge in [0.2, 0.25) is 0 Å². The fourth-order valence-corrected chi connectivity index (χ4v) is 3.44. The van der Waals surface area contributed by atoms with Crippen molar-refractivity contribution in [2.45, 2.75) is 32.2 Å². The lowest BCUT2D eigenvalue weighted by atomic mass is 9.94. The summed E-state index contributed by atoms with van der Waals surface area (Å²) in [4.78, 5) is 27.1. The molecule has 2 N–H and O–H groups in total. The molecule has 0 radical (unpaired) electrons. The number of hydrogen-bond donors (Lipinski definition) is 2. The van der Waals surface area contributed by atoms with Gasteiger partial charge < -0.3 is 15.4 Å². The normalized spacial score (nSPS) is 21.2. The Morgan fingerprint density at radius 3 is 2.58 bits per heavy atom. The molecular weight excluding hydrogens is 337 g/mol. The van der Waals surface area contributed by atoms with Crippen LogP contribution in [-0.4, -0.2) is 43.1 Å². The molecule has 26 heavy (non-hydrogen) atoms. The van der Waals surface area contributed by atoms with Gasteiger partial charge in [-0.05, 0) is 50.6 Å². The Hall–Kier alpha value is -2.41. The largest absolute Gasteiger partial charge is 0.463 e. The van der Waals surface area contributed by atoms with Crippen LogP contribution in [0, 0.1) is 5.82 Å². The van der Waals surface area contributed by atoms with Crippen molar-refractivity contribution in [3.8, 4) is 0 Å². The number of likely N-dealkylation sites (tertiary alicyclic amines) is 1. The number of amides is 2. The van der Waals surface area contributed by atoms with Crippen LogP contribution in [0.5, 0.6) is 0 Å². The highest BCUT2D eigenvalue weighted by atomic mass is 19.1. The Labute approximate surface area is 152 Å². The second-order valence-electron chi connectivity index (χ2n) is 6.53. The van der Waals surface area contributed by atoms with E-state index in [1.165, 1.54) is 18.6 Å². The molecule has 2 aliphatic rings. The summed E-state index contributed by atoms with van der Waals surface area (Å²) in [6.45, 7) is 4.33. The maximum atomic E-state index is 13.3. The van der Waals surface area contributed by atoms with E-state index in [9.17, 15) is 14.0 Å². The molecule has 1 saturated heterocycles. The van der Waals surface area contributed by atoms with Crippen LogP contribution in [-0.2, 0) is 9.53 Å². The van der Waals surface area contributed by atoms with Crippen molar-refractivity contribution in [3.05, 3.63) is 46.9 Å². The van der Waals surface area contributed by atoms with E-state index in [-0.39, 0.29) is 18.5 Å². The van der Waals surface area contributed by atoms with Crippen molar-refractivity contribution in [3.63, 3.8) is 0 Å². The first kappa shape index (κ1) is 18.4. The molecule has 1 atom stereocenters. The van der Waals surface area contributed by atoms with Gasteiger partial charge in [0.1, 0.15) is 5.82 Å². The van der Waals surface area contributed by atoms with E-state index in [1.807, 2.05) is 0 Å². The third-order valence-electron chi connectivity index (χ3n) is 4.68. The maximum absolute atomic E-state index is 13.3. The first-order valence-corrected chi connectivity index (χ1v) is 9.04. The van der Waals surface area contributed by atoms with Crippen molar-refractivity contribution >= 4 is 12.0 Å². The quantitative estimate of drug-likeness (QED) is 0.791. The number of ether oxygens (including phenoxy) is 1. The van der Waals surface area contributed by atoms with Crippen LogP contribution in [0.1, 0.15) is 37.8 Å². The zero-order chi connectivity index (χ0) is 18.5. The lowest BCUT2D eigenvalue weighted by Gasteiger charge is -2.33. The maximum Gasteiger partial charge on any atom is 0.338 e. The lowest BCUT2D eigenvalue weighted by molar-refractivity contribution is -0.139. The Morgan fingerprint density at radius 2 is 1.92 bits per heavy atom. The predicted octanol–water partition coefficient (Wildman–Crippen LogP) is 2.48. The molecule has 2 amide bonds. The molecule has 1 aromatic carbocycles. The average Bonchev–Trinajstić information content (AvgIpc) is 2.63. The number of esters is 1. The van der Waals surface area contributed by atoms with Gasteiger partial charge in [-0.25, -0.2) is 14.0 Å². The van der Waals surface area contributed by atoms with Crippen LogP contribution in [0.3, 0.4) is 0 Å². The number of urea groups is 1. The predicted molar refractivity (Wildman–Crippen MR) is 94.8 cm³/mol. The summed E-state index contributed by atoms with van der Waals surface area (Å²) in [7, 11) is 0. The Kier molecular flexibility index (Phi) is 5.88. The van der Waals surface area contributed by atoms with E-state index in [4.69, 9.17) is 4.74 Å². The molecule has 1 aromatic rings. The van der Waals surface area contributed by atoms with Gasteiger partial charge in [-0.1, -0.05) is 18.6 Å². The smallest absolute Gasteiger partial charge is 0.338 e. The van der Waals surface area contributed by atoms with Crippen molar-refractivity contribution in [1.29, 1.82) is 0 Å². The molecule has 0 aliphatic carbocycles. The van der Waals surface area contributed by atoms with Gasteiger partial charge in [-0.2, -0.15) is 0 Å². The Balaban J connectivity index is 1.96. The van der Waals surface area contributed by atoms with Gasteiger partial charge in [0.15, 0.2) is 0 Å². The summed E-state index contributed by atoms with van der Waals surface area (Å²) in [5.41, 5.74) is 1.58. The Morgan fingerprint density at radius 1 is 1.23 bits per heavy atom. The number of rotatable bonds is 5. The number of hydrogen-bond acceptors (Lipinski definition) is 4. The standard InChI is InChI=1S/C19H24FN3O3/c1-2-26-18(24)16-15(12-23-10-4-3-5-11-23)21-19(25)22-17(16)13-6-8-14(20)9-7-13/h6-9,17H,2-5,10-12H2,1H3,(H2,21,22,25)/t17-/m0/s1. The molecule has 0 spiro atoms. The van der Waals surface area contributed by atoms with E-state index in [0.717, 1.165) is 25.9 Å². The summed E-state index contributed by atoms with van der Waals surface area (Å²) in [6.07, 6.45) is 3.41. The van der Waals surface area contributed by atoms with Gasteiger partial charge in [-0.15, -0.1) is 0 Å². The molecule has 0 saturated carbocycles. The number of benzene rings is 1. The summed E-state index contributed by atoms with van der Waals surface area (Å²) >= 11 is 0. The van der Waals surface area contributed by atoms with Gasteiger partial charge in [0.25, 0.3) is 0 Å². The van der Waals surface area contributed by atoms with E-state index < -0.39 is 12.0 Å². The third-order valence-corrected chi connectivity index (χ3v) is 4.68. The minimum atomic E-state index is -0.664. The van der Waals surface area contributed by atoms with Crippen LogP contribution < -0.4 is 10.6 Å². The lowest BCUT2D eigenvalue weighted by Crippen LogP contribution is -2.49. The number of piperidine rings is 1. The van der Waals surface area contributed by atoms with Gasteiger partial charge in [-0.3, -0.25) is 4.90 Å². The molecule has 2 aliphatic heterocycles. The Bertz CT molecular complexity index is 696. The number of carbonyl (C=O) groups excluding carboxylic acids is 2. The second kappa shape index (κ2) is 8.31. The van der Waals surface area contributed by atoms with Crippen LogP contribution in [0.15, 0.2) is 35.5 Å². The monoisotopic (exact) mass is 361 g/mol. The highest BCUT2D eigenvalue weighted by Crippen LogP contribution is 2.28. The molecule has 7 heteroatoms. The van der Waals surface area contributed by atoms with Crippen molar-refractivity contribution < 1.29 is 18.7 Å². The summed E-state index contributed by atoms with van der Waals surface area (Å²) in [6, 6.07) is 4.74. The second-order valence-corrected chi connectivity index (χ2v) is 6.53. The van der Waals surface area contributed by atoms with E-state index in [1.54, 1.807) is 19.1 Å². The highest BCUT2D eigenvalue weighted by molar-refractivity contribution is 5.95. The van der Waals surface area contributed by atoms with Crippen LogP contribution in [0.2, 0.25) is 0 Å². The first-order chi connectivity index (χ1) is 12.6. The molecular formula is C19H24FN3O3. The van der Waals surface area contributed by atoms with E-state index in [0.29, 0.717) is 23.4 Å². The fraction of sp³-hybridized carbons (Fsp3) is 0.474. The van der Waals surface area contributed by atoms with Crippen molar-refractivity contribution in [2.75, 3.05) is 26.2 Å². The summed E-state index contributed by atoms with van der Waals surface area (Å²) in [5.74, 6) is -0.842. The zero-order valence-electron chi connectivity index (χ0n) is 14.9. The molecule has 140 valence electrons. The minimum absolute atomic E-state index is 0.239. The first-order valence-electron chi connectivity index (χ1n) is 9.04. The zero-order valence-corrected chi connectivity index (χ0v) is 14.9. The summed E-state index contributed by atoms with van der Waals surface area (Å²) < 4.78 is 18.5. The van der Waals surface area contributed by atoms with Gasteiger partial charge in [0, 0.05) is 12.2 Å². The topological polar surface area (TPSA) is 70.7 Å². The minimum Gasteiger partial charge on any atom is -0.463 e. The summed E-state index contributed by atoms with van der Waals surface area (Å²) in [5, 5.41) is 5.54. The van der Waals surface area contributed by atoms with Gasteiger partial charge in [0.05, 0.1) is 18.2 Å². The van der Waals surface area contributed by atoms with E-state index >= 15 is 0 Å². The SMILES string of the molecule is CCOC(=O)C1=C(CN2CCCCC2)NC(=O)N[C@H]1c1ccc(F)cc1. The highest BCUT2D eigenvalue weighted by Gasteiger charge is 2.34. The van der Waals surface area contributed by atoms with Crippen molar-refractivity contribution in [2.24, 2.45) is 0 Å². The molecule has 0 bridgehead atoms. The number of nitrogens with one attached hydrogen (secondary N) is 2. The third kappa shape index (κ3) is 4.22. The number of nitrogens with zero attached hydrogens (tertiary/aromatic N) is 1. The fourth-order valence-electron chi connectivity index (χ4n) is 3.44. The molecule has 2 heterocycles. The molecule has 0 aromatic heterocycles. The van der Waals surface area contributed by atoms with Crippen molar-refractivity contribution in [1.82, 2.24) is 15.5 Å². The van der Waals surface area contributed by atoms with Gasteiger partial charge >= 0.3 is 12.0 Å². The van der Waals surface area contributed by atoms with Crippen LogP contribution in [0.25, 0.3) is 0 Å². The number of halogens is 1. The molecule has 6 nitrogen and oxygen atoms in total. The van der Waals surface area contributed by atoms with Crippen LogP contribution >= 0.6 is 0 Å². The average molecular weight is 361 g/mol. The molecule has 3 rings (SSSR count). The molecule has 1 fully saturated rings. The number of carbonyl (C=O) groups is 2. The molecule has 0 unspecified atom stereocenters. The van der Waals surface area contributed by atoms with Crippen LogP contribution in [0.4, 0.5) is 9.18 Å².